The van der Waals surface area contributed by atoms with E-state index in [0.717, 1.165) is 6.29 Å². The number of rotatable bonds is 1. The van der Waals surface area contributed by atoms with Gasteiger partial charge in [0.25, 0.3) is 0 Å². The molecule has 0 aromatic carbocycles. The summed E-state index contributed by atoms with van der Waals surface area (Å²) in [4.78, 5) is 10.1. The second-order valence-corrected chi connectivity index (χ2v) is 1.56. The molecule has 0 aromatic rings. The third-order valence-corrected chi connectivity index (χ3v) is 0.897. The normalized spacial score (nSPS) is 15.8. The molecule has 0 spiro atoms. The number of hydrogen-bond acceptors (Lipinski definition) is 2. The van der Waals surface area contributed by atoms with Gasteiger partial charge in [-0.25, -0.2) is 0 Å². The molecular weight excluding hydrogens is 116 g/mol. The van der Waals surface area contributed by atoms with E-state index in [9.17, 15) is 4.79 Å². The van der Waals surface area contributed by atoms with Crippen molar-refractivity contribution >= 4 is 6.29 Å². The third-order valence-electron chi connectivity index (χ3n) is 0.897. The van der Waals surface area contributed by atoms with E-state index in [-0.39, 0.29) is 0 Å². The van der Waals surface area contributed by atoms with Crippen molar-refractivity contribution in [2.24, 2.45) is 0 Å². The van der Waals surface area contributed by atoms with E-state index in [0.29, 0.717) is 5.57 Å². The first-order valence-corrected chi connectivity index (χ1v) is 2.57. The van der Waals surface area contributed by atoms with Gasteiger partial charge in [0.05, 0.1) is 6.26 Å². The smallest absolute Gasteiger partial charge is 0.153 e. The zero-order chi connectivity index (χ0) is 6.53. The van der Waals surface area contributed by atoms with Crippen LogP contribution in [0.2, 0.25) is 0 Å². The maximum atomic E-state index is 10.1. The summed E-state index contributed by atoms with van der Waals surface area (Å²) in [6.45, 7) is 0. The van der Waals surface area contributed by atoms with Crippen LogP contribution in [-0.4, -0.2) is 6.29 Å². The van der Waals surface area contributed by atoms with Gasteiger partial charge in [-0.15, -0.1) is 0 Å². The molecule has 0 saturated heterocycles. The van der Waals surface area contributed by atoms with E-state index in [2.05, 4.69) is 0 Å². The molecule has 9 heavy (non-hydrogen) atoms. The maximum absolute atomic E-state index is 10.1. The Labute approximate surface area is 53.1 Å². The highest BCUT2D eigenvalue weighted by Crippen LogP contribution is 1.98. The first-order valence-electron chi connectivity index (χ1n) is 2.57. The summed E-state index contributed by atoms with van der Waals surface area (Å²) in [7, 11) is 0. The molecule has 1 aliphatic heterocycles. The topological polar surface area (TPSA) is 26.3 Å². The fraction of sp³-hybridized carbons (Fsp3) is 0. The number of hydrogen-bond donors (Lipinski definition) is 0. The average molecular weight is 122 g/mol. The minimum absolute atomic E-state index is 0.542. The Morgan fingerprint density at radius 2 is 2.33 bits per heavy atom. The van der Waals surface area contributed by atoms with Gasteiger partial charge in [0.15, 0.2) is 6.29 Å². The van der Waals surface area contributed by atoms with Crippen LogP contribution in [0.3, 0.4) is 0 Å². The highest BCUT2D eigenvalue weighted by molar-refractivity contribution is 5.77. The predicted molar refractivity (Wildman–Crippen MR) is 33.5 cm³/mol. The van der Waals surface area contributed by atoms with Crippen molar-refractivity contribution in [3.05, 3.63) is 36.3 Å². The molecule has 0 amide bonds. The Kier molecular flexibility index (Phi) is 1.85. The van der Waals surface area contributed by atoms with Crippen LogP contribution >= 0.6 is 0 Å². The minimum Gasteiger partial charge on any atom is -0.472 e. The van der Waals surface area contributed by atoms with Gasteiger partial charge in [-0.05, 0) is 12.2 Å². The van der Waals surface area contributed by atoms with Crippen molar-refractivity contribution in [3.63, 3.8) is 0 Å². The van der Waals surface area contributed by atoms with E-state index >= 15 is 0 Å². The summed E-state index contributed by atoms with van der Waals surface area (Å²) < 4.78 is 4.76. The molecule has 1 aliphatic rings. The standard InChI is InChI=1S/C7H6O2/c8-5-7-3-1-2-4-9-6-7/h1-6H. The summed E-state index contributed by atoms with van der Waals surface area (Å²) >= 11 is 0. The summed E-state index contributed by atoms with van der Waals surface area (Å²) in [5.74, 6) is 0. The molecule has 2 nitrogen and oxygen atoms in total. The van der Waals surface area contributed by atoms with E-state index in [1.54, 1.807) is 18.2 Å². The van der Waals surface area contributed by atoms with Gasteiger partial charge in [0.2, 0.25) is 0 Å². The lowest BCUT2D eigenvalue weighted by atomic mass is 10.3. The van der Waals surface area contributed by atoms with Crippen LogP contribution in [0.25, 0.3) is 0 Å². The summed E-state index contributed by atoms with van der Waals surface area (Å²) in [6, 6.07) is 0. The average Bonchev–Trinajstić information content (AvgIpc) is 2.13. The summed E-state index contributed by atoms with van der Waals surface area (Å²) in [5.41, 5.74) is 0.542. The SMILES string of the molecule is O=CC1=COC=CC=C1. The molecule has 2 heteroatoms. The van der Waals surface area contributed by atoms with Crippen LogP contribution in [0.5, 0.6) is 0 Å². The van der Waals surface area contributed by atoms with E-state index in [4.69, 9.17) is 4.74 Å². The van der Waals surface area contributed by atoms with Crippen LogP contribution < -0.4 is 0 Å². The Morgan fingerprint density at radius 3 is 3.11 bits per heavy atom. The number of carbonyl (C=O) groups excluding carboxylic acids is 1. The molecule has 0 aliphatic carbocycles. The van der Waals surface area contributed by atoms with Gasteiger partial charge in [0, 0.05) is 5.57 Å². The van der Waals surface area contributed by atoms with Crippen LogP contribution in [0.1, 0.15) is 0 Å². The molecule has 0 bridgehead atoms. The quantitative estimate of drug-likeness (QED) is 0.488. The van der Waals surface area contributed by atoms with E-state index < -0.39 is 0 Å². The Bertz CT molecular complexity index is 187. The molecule has 1 rings (SSSR count). The van der Waals surface area contributed by atoms with Crippen LogP contribution in [0.4, 0.5) is 0 Å². The molecule has 0 unspecified atom stereocenters. The number of ether oxygens (including phenoxy) is 1. The zero-order valence-corrected chi connectivity index (χ0v) is 4.78. The Balaban J connectivity index is 2.74. The third kappa shape index (κ3) is 1.57. The van der Waals surface area contributed by atoms with Crippen molar-refractivity contribution in [3.8, 4) is 0 Å². The highest BCUT2D eigenvalue weighted by atomic mass is 16.5. The van der Waals surface area contributed by atoms with Crippen molar-refractivity contribution in [1.82, 2.24) is 0 Å². The van der Waals surface area contributed by atoms with Crippen LogP contribution in [0, 0.1) is 0 Å². The molecular formula is C7H6O2. The van der Waals surface area contributed by atoms with Crippen molar-refractivity contribution < 1.29 is 9.53 Å². The predicted octanol–water partition coefficient (Wildman–Crippen LogP) is 1.17. The number of aldehydes is 1. The van der Waals surface area contributed by atoms with Crippen molar-refractivity contribution in [2.45, 2.75) is 0 Å². The lowest BCUT2D eigenvalue weighted by molar-refractivity contribution is -0.104. The first-order chi connectivity index (χ1) is 4.43. The fourth-order valence-corrected chi connectivity index (χ4v) is 0.482. The van der Waals surface area contributed by atoms with E-state index in [1.165, 1.54) is 12.5 Å². The van der Waals surface area contributed by atoms with Crippen LogP contribution in [-0.2, 0) is 9.53 Å². The molecule has 0 fully saturated rings. The molecule has 1 heterocycles. The Morgan fingerprint density at radius 1 is 1.44 bits per heavy atom. The fourth-order valence-electron chi connectivity index (χ4n) is 0.482. The molecule has 0 atom stereocenters. The zero-order valence-electron chi connectivity index (χ0n) is 4.78. The maximum Gasteiger partial charge on any atom is 0.153 e. The van der Waals surface area contributed by atoms with Gasteiger partial charge < -0.3 is 4.74 Å². The summed E-state index contributed by atoms with van der Waals surface area (Å²) in [6.07, 6.45) is 8.78. The van der Waals surface area contributed by atoms with Crippen molar-refractivity contribution in [1.29, 1.82) is 0 Å². The van der Waals surface area contributed by atoms with Crippen molar-refractivity contribution in [2.75, 3.05) is 0 Å². The highest BCUT2D eigenvalue weighted by Gasteiger charge is 1.88. The Hall–Kier alpha value is -1.31. The lowest BCUT2D eigenvalue weighted by Gasteiger charge is -1.85. The monoisotopic (exact) mass is 122 g/mol. The number of carbonyl (C=O) groups is 1. The largest absolute Gasteiger partial charge is 0.472 e. The summed E-state index contributed by atoms with van der Waals surface area (Å²) in [5, 5.41) is 0. The van der Waals surface area contributed by atoms with Gasteiger partial charge in [-0.1, -0.05) is 6.08 Å². The second-order valence-electron chi connectivity index (χ2n) is 1.56. The molecule has 0 N–H and O–H groups in total. The lowest BCUT2D eigenvalue weighted by Crippen LogP contribution is -1.76. The van der Waals surface area contributed by atoms with Gasteiger partial charge in [0.1, 0.15) is 6.26 Å². The second kappa shape index (κ2) is 2.87. The molecule has 46 valence electrons. The molecule has 0 saturated carbocycles. The van der Waals surface area contributed by atoms with Gasteiger partial charge >= 0.3 is 0 Å². The van der Waals surface area contributed by atoms with Crippen LogP contribution in [0.15, 0.2) is 36.3 Å². The molecule has 0 aromatic heterocycles. The first kappa shape index (κ1) is 5.82. The molecule has 0 radical (unpaired) electrons. The van der Waals surface area contributed by atoms with Gasteiger partial charge in [-0.2, -0.15) is 0 Å². The van der Waals surface area contributed by atoms with E-state index in [1.807, 2.05) is 0 Å². The minimum atomic E-state index is 0.542. The van der Waals surface area contributed by atoms with Gasteiger partial charge in [-0.3, -0.25) is 4.79 Å². The number of allylic oxidation sites excluding steroid dienone is 4.